The van der Waals surface area contributed by atoms with Crippen LogP contribution in [0.2, 0.25) is 0 Å². The lowest BCUT2D eigenvalue weighted by Gasteiger charge is -2.23. The van der Waals surface area contributed by atoms with Gasteiger partial charge >= 0.3 is 64.3 Å². The number of nitrogen functional groups attached to an aromatic ring is 1. The summed E-state index contributed by atoms with van der Waals surface area (Å²) >= 11 is 0. The highest BCUT2D eigenvalue weighted by Crippen LogP contribution is 2.44. The maximum absolute atomic E-state index is 13.8. The van der Waals surface area contributed by atoms with Crippen LogP contribution >= 0.6 is 0 Å². The number of aliphatic hydroxyl groups is 4. The predicted octanol–water partition coefficient (Wildman–Crippen LogP) is -1.36. The lowest BCUT2D eigenvalue weighted by Crippen LogP contribution is -2.40. The summed E-state index contributed by atoms with van der Waals surface area (Å²) in [7, 11) is 0. The Morgan fingerprint density at radius 3 is 1.10 bits per heavy atom. The first-order chi connectivity index (χ1) is 57.7. The number of aliphatic hydroxyl groups excluding tert-OH is 4. The molecule has 7 aromatic rings. The zero-order chi connectivity index (χ0) is 90.0. The number of benzene rings is 1. The van der Waals surface area contributed by atoms with Crippen molar-refractivity contribution in [2.24, 2.45) is 29.6 Å². The number of nitrogens with two attached hydrogens (primary N) is 1. The average Bonchev–Trinajstić information content (AvgIpc) is 1.62. The number of carbonyl (C=O) groups excluding carboxylic acids is 6. The Kier molecular flexibility index (Phi) is 33.4. The van der Waals surface area contributed by atoms with Crippen molar-refractivity contribution in [2.75, 3.05) is 38.8 Å². The zero-order valence-corrected chi connectivity index (χ0v) is 63.6. The molecule has 0 unspecified atom stereocenters. The second-order valence-corrected chi connectivity index (χ2v) is 26.4. The Bertz CT molecular complexity index is 5240. The number of esters is 6. The van der Waals surface area contributed by atoms with Crippen LogP contribution in [-0.4, -0.2) is 245 Å². The fourth-order valence-corrected chi connectivity index (χ4v) is 13.0. The van der Waals surface area contributed by atoms with Crippen molar-refractivity contribution in [3.8, 4) is 5.82 Å². The first-order valence-corrected chi connectivity index (χ1v) is 35.7. The fourth-order valence-electron chi connectivity index (χ4n) is 13.0. The van der Waals surface area contributed by atoms with Crippen molar-refractivity contribution in [3.05, 3.63) is 193 Å². The third-order valence-electron chi connectivity index (χ3n) is 18.3. The molecule has 122 heavy (non-hydrogen) atoms. The summed E-state index contributed by atoms with van der Waals surface area (Å²) in [4.78, 5) is 178. The lowest BCUT2D eigenvalue weighted by atomic mass is 9.98. The minimum Gasteiger partial charge on any atom is -0.463 e. The zero-order valence-electron chi connectivity index (χ0n) is 63.6. The predicted molar refractivity (Wildman–Crippen MR) is 380 cm³/mol. The van der Waals surface area contributed by atoms with Crippen LogP contribution in [0.4, 0.5) is 49.7 Å². The number of aromatic amines is 3. The molecule has 0 radical (unpaired) electrons. The molecular weight excluding hydrogens is 1680 g/mol. The van der Waals surface area contributed by atoms with E-state index in [4.69, 9.17) is 68.1 Å². The summed E-state index contributed by atoms with van der Waals surface area (Å²) in [6.07, 6.45) is -27.9. The smallest absolute Gasteiger partial charge is 0.351 e. The topological polar surface area (TPSA) is 576 Å². The van der Waals surface area contributed by atoms with Crippen molar-refractivity contribution in [1.29, 1.82) is 0 Å². The van der Waals surface area contributed by atoms with Gasteiger partial charge in [0.1, 0.15) is 68.8 Å². The Morgan fingerprint density at radius 2 is 0.770 bits per heavy atom. The molecule has 0 aliphatic carbocycles. The van der Waals surface area contributed by atoms with Crippen molar-refractivity contribution in [3.63, 3.8) is 0 Å². The van der Waals surface area contributed by atoms with E-state index in [9.17, 15) is 121 Å². The molecule has 5 aliphatic heterocycles. The average molecular weight is 1760 g/mol. The molecule has 5 fully saturated rings. The highest BCUT2D eigenvalue weighted by atomic mass is 19.3. The van der Waals surface area contributed by atoms with E-state index < -0.39 is 268 Å². The molecule has 43 nitrogen and oxygen atoms in total. The van der Waals surface area contributed by atoms with Crippen LogP contribution < -0.4 is 50.9 Å². The SMILES string of the molecule is CC(=O)OC[C@H]1O[C@@H](n2ccc(-n3cncn3)nc2=O)[C@H](OC(C)=O)[C@@H]1C(F)F.CC(=O)OC[C@H]1O[C@@H](n2ccc(=O)[nH]c2=O)[C@H](OC(C)=O)[C@@H]1C(F)F.CC(=O)O[C@@H]1[C@H](C(F)F)[C@@H](COC(=O)c2ccccc2)O[C@H]1n1ccc(=O)[nH]c1=O.Nc1ccn([C@@H]2O[C@H](CO)[C@@H](C(F)F)[C@H]2O)c(=O)n1.O=c1ccn([C@@H]2O[C@H](CO)[C@@H](C(F)F)[C@H]2O)c(=O)[nH]1. The van der Waals surface area contributed by atoms with E-state index in [1.807, 2.05) is 15.0 Å². The summed E-state index contributed by atoms with van der Waals surface area (Å²) in [6, 6.07) is 13.6. The minimum absolute atomic E-state index is 0.0298. The van der Waals surface area contributed by atoms with E-state index in [0.29, 0.717) is 0 Å². The van der Waals surface area contributed by atoms with Crippen LogP contribution in [0, 0.1) is 29.6 Å². The number of rotatable bonds is 23. The third-order valence-corrected chi connectivity index (χ3v) is 18.3. The number of H-pyrrole nitrogens is 3. The molecule has 0 spiro atoms. The molecule has 53 heteroatoms. The van der Waals surface area contributed by atoms with E-state index >= 15 is 0 Å². The fraction of sp³-hybridized carbons (Fsp3) is 0.507. The Labute approximate surface area is 673 Å². The maximum atomic E-state index is 13.8. The van der Waals surface area contributed by atoms with E-state index in [1.54, 1.807) is 18.2 Å². The summed E-state index contributed by atoms with van der Waals surface area (Å²) < 4.78 is 195. The maximum Gasteiger partial charge on any atom is 0.351 e. The van der Waals surface area contributed by atoms with Gasteiger partial charge in [-0.25, -0.2) is 82.3 Å². The molecule has 6 aromatic heterocycles. The van der Waals surface area contributed by atoms with Crippen LogP contribution in [0.25, 0.3) is 5.82 Å². The molecule has 9 N–H and O–H groups in total. The van der Waals surface area contributed by atoms with Crippen LogP contribution in [0.5, 0.6) is 0 Å². The van der Waals surface area contributed by atoms with E-state index in [-0.39, 0.29) is 17.2 Å². The summed E-state index contributed by atoms with van der Waals surface area (Å²) in [5, 5.41) is 41.4. The molecule has 0 bridgehead atoms. The second-order valence-electron chi connectivity index (χ2n) is 26.4. The number of aromatic nitrogens is 13. The van der Waals surface area contributed by atoms with Crippen LogP contribution in [-0.2, 0) is 76.1 Å². The standard InChI is InChI=1S/C19H18F2N2O7.C16H17F2N5O6.C14H16F2N2O7.C10H13F2N3O4.C10H12F2N2O5/c1-10(24)29-15-14(16(20)21)12(9-28-18(26)11-5-3-2-4-6-11)30-17(15)23-8-7-13(25)22-19(23)27;1-8(24)27-5-10-12(14(17)18)13(28-9(2)25)15(29-10)22-4-3-11(21-16(22)26)23-7-19-6-20-23;1-6(19)23-5-8-10(12(15)16)11(24-7(2)20)13(25-8)18-4-3-9(21)17-14(18)22;11-8(12)6-4(3-16)19-9(7(6)17)15-2-1-5(13)14-10(15)18;11-8(12)6-4(3-15)19-9(7(6)17)14-2-1-5(16)13-10(14)18/h2-8,12,14-17H,9H2,1H3,(H,22,25,27);3-4,6-7,10,12-15H,5H2,1-2H3;3-4,8,10-13H,5H2,1-2H3,(H,17,21,22);1-2,4,6-9,16-17H,3H2,(H2,13,14,18);1-2,4,6-9,15,17H,3H2,(H,13,16,18)/t12-,14-,15-,17-;10-,12-,13-,15-;8-,10-,11-,13-;2*4-,6-,7-,9-/m11111/s1. The number of anilines is 1. The van der Waals surface area contributed by atoms with E-state index in [1.165, 1.54) is 54.0 Å². The summed E-state index contributed by atoms with van der Waals surface area (Å²) in [6.45, 7) is 2.37. The Balaban J connectivity index is 0.000000192. The summed E-state index contributed by atoms with van der Waals surface area (Å²) in [5.74, 6) is -12.7. The number of alkyl halides is 10. The van der Waals surface area contributed by atoms with Gasteiger partial charge in [0.2, 0.25) is 32.1 Å². The van der Waals surface area contributed by atoms with Gasteiger partial charge in [-0.3, -0.25) is 76.1 Å². The number of hydrogen-bond acceptors (Lipinski definition) is 34. The van der Waals surface area contributed by atoms with Crippen molar-refractivity contribution in [2.45, 2.75) is 159 Å². The number of nitrogens with zero attached hydrogens (tertiary/aromatic N) is 10. The molecule has 1 aromatic carbocycles. The van der Waals surface area contributed by atoms with Crippen molar-refractivity contribution >= 4 is 41.6 Å². The molecule has 12 rings (SSSR count). The molecular formula is C69H76F10N14O29. The Morgan fingerprint density at radius 1 is 0.434 bits per heavy atom. The second kappa shape index (κ2) is 42.8. The molecule has 666 valence electrons. The van der Waals surface area contributed by atoms with Crippen molar-refractivity contribution < 1.29 is 145 Å². The van der Waals surface area contributed by atoms with Gasteiger partial charge in [-0.05, 0) is 24.3 Å². The summed E-state index contributed by atoms with van der Waals surface area (Å²) in [5.41, 5.74) is -0.930. The van der Waals surface area contributed by atoms with Gasteiger partial charge in [-0.1, -0.05) is 18.2 Å². The molecule has 5 saturated heterocycles. The van der Waals surface area contributed by atoms with Gasteiger partial charge in [-0.15, -0.1) is 0 Å². The highest BCUT2D eigenvalue weighted by Gasteiger charge is 2.57. The number of carbonyl (C=O) groups is 6. The van der Waals surface area contributed by atoms with Gasteiger partial charge in [0.05, 0.1) is 60.6 Å². The normalized spacial score (nSPS) is 26.4. The van der Waals surface area contributed by atoms with E-state index in [0.717, 1.165) is 94.2 Å². The first kappa shape index (κ1) is 95.2. The number of nitrogens with one attached hydrogen (secondary N) is 3. The minimum atomic E-state index is -3.02. The van der Waals surface area contributed by atoms with Gasteiger partial charge in [-0.2, -0.15) is 15.1 Å². The monoisotopic (exact) mass is 1750 g/mol. The molecule has 5 aliphatic rings. The van der Waals surface area contributed by atoms with Gasteiger partial charge in [0.25, 0.3) is 16.7 Å². The quantitative estimate of drug-likeness (QED) is 0.0208. The molecule has 11 heterocycles. The molecule has 0 saturated carbocycles. The van der Waals surface area contributed by atoms with Gasteiger partial charge in [0.15, 0.2) is 55.3 Å². The van der Waals surface area contributed by atoms with Crippen molar-refractivity contribution in [1.82, 2.24) is 62.5 Å². The largest absolute Gasteiger partial charge is 0.463 e. The number of ether oxygens (including phenoxy) is 11. The number of halogens is 10. The van der Waals surface area contributed by atoms with Crippen LogP contribution in [0.15, 0.2) is 143 Å². The number of hydrogen-bond donors (Lipinski definition) is 8. The van der Waals surface area contributed by atoms with Crippen LogP contribution in [0.1, 0.15) is 76.1 Å². The highest BCUT2D eigenvalue weighted by molar-refractivity contribution is 5.89. The van der Waals surface area contributed by atoms with Gasteiger partial charge in [0, 0.05) is 83.8 Å². The first-order valence-electron chi connectivity index (χ1n) is 35.7. The Hall–Kier alpha value is -12.3. The van der Waals surface area contributed by atoms with E-state index in [2.05, 4.69) is 20.1 Å². The van der Waals surface area contributed by atoms with Gasteiger partial charge < -0.3 is 78.3 Å². The third kappa shape index (κ3) is 23.9. The lowest BCUT2D eigenvalue weighted by molar-refractivity contribution is -0.157. The van der Waals surface area contributed by atoms with Crippen LogP contribution in [0.3, 0.4) is 0 Å². The molecule has 0 amide bonds. The molecule has 20 atom stereocenters.